The number of aliphatic hydroxyl groups is 1. The van der Waals surface area contributed by atoms with E-state index in [9.17, 15) is 9.90 Å². The molecule has 1 fully saturated rings. The summed E-state index contributed by atoms with van der Waals surface area (Å²) >= 11 is 7.16. The van der Waals surface area contributed by atoms with Crippen LogP contribution in [0.2, 0.25) is 0 Å². The number of esters is 1. The highest BCUT2D eigenvalue weighted by Gasteiger charge is 2.41. The van der Waals surface area contributed by atoms with Gasteiger partial charge in [0.2, 0.25) is 0 Å². The highest BCUT2D eigenvalue weighted by Crippen LogP contribution is 2.42. The molecule has 1 aromatic heterocycles. The number of likely N-dealkylation sites (tertiary alicyclic amines) is 1. The Hall–Kier alpha value is -2.74. The van der Waals surface area contributed by atoms with Crippen LogP contribution in [0.4, 0.5) is 5.00 Å². The Morgan fingerprint density at radius 3 is 2.15 bits per heavy atom. The Balaban J connectivity index is 1.50. The minimum Gasteiger partial charge on any atom is -0.465 e. The van der Waals surface area contributed by atoms with Crippen LogP contribution in [0.1, 0.15) is 39.2 Å². The summed E-state index contributed by atoms with van der Waals surface area (Å²) in [6.45, 7) is 3.39. The van der Waals surface area contributed by atoms with Gasteiger partial charge in [-0.05, 0) is 55.1 Å². The zero-order valence-electron chi connectivity index (χ0n) is 18.8. The molecule has 2 heterocycles. The van der Waals surface area contributed by atoms with Gasteiger partial charge in [0.15, 0.2) is 5.11 Å². The molecule has 1 aliphatic rings. The molecule has 0 amide bonds. The molecule has 5 nitrogen and oxygen atoms in total. The van der Waals surface area contributed by atoms with Gasteiger partial charge in [-0.25, -0.2) is 4.79 Å². The predicted molar refractivity (Wildman–Crippen MR) is 137 cm³/mol. The van der Waals surface area contributed by atoms with Gasteiger partial charge in [-0.1, -0.05) is 60.7 Å². The maximum Gasteiger partial charge on any atom is 0.340 e. The van der Waals surface area contributed by atoms with Gasteiger partial charge in [0.1, 0.15) is 10.6 Å². The molecule has 0 unspecified atom stereocenters. The fourth-order valence-corrected chi connectivity index (χ4v) is 5.82. The molecule has 0 bridgehead atoms. The number of ether oxygens (including phenoxy) is 1. The topological polar surface area (TPSA) is 61.8 Å². The smallest absolute Gasteiger partial charge is 0.340 e. The van der Waals surface area contributed by atoms with E-state index in [-0.39, 0.29) is 11.9 Å². The second-order valence-electron chi connectivity index (χ2n) is 8.28. The minimum absolute atomic E-state index is 0.0518. The molecule has 1 aliphatic heterocycles. The molecular weight excluding hydrogens is 452 g/mol. The van der Waals surface area contributed by atoms with Crippen LogP contribution in [0.3, 0.4) is 0 Å². The first-order valence-corrected chi connectivity index (χ1v) is 12.2. The number of benzene rings is 2. The number of methoxy groups -OCH3 is 1. The van der Waals surface area contributed by atoms with Crippen molar-refractivity contribution in [3.63, 3.8) is 0 Å². The highest BCUT2D eigenvalue weighted by atomic mass is 32.1. The van der Waals surface area contributed by atoms with Crippen LogP contribution in [-0.4, -0.2) is 41.3 Å². The average Bonchev–Trinajstić information content (AvgIpc) is 3.24. The number of nitrogens with zero attached hydrogens (tertiary/aromatic N) is 1. The van der Waals surface area contributed by atoms with Gasteiger partial charge < -0.3 is 20.1 Å². The molecule has 2 N–H and O–H groups in total. The summed E-state index contributed by atoms with van der Waals surface area (Å²) in [5, 5.41) is 16.6. The van der Waals surface area contributed by atoms with Crippen molar-refractivity contribution in [2.75, 3.05) is 25.5 Å². The summed E-state index contributed by atoms with van der Waals surface area (Å²) in [5.41, 5.74) is 1.26. The lowest BCUT2D eigenvalue weighted by Gasteiger charge is -2.43. The number of hydrogen-bond acceptors (Lipinski definition) is 5. The van der Waals surface area contributed by atoms with Crippen molar-refractivity contribution < 1.29 is 14.6 Å². The van der Waals surface area contributed by atoms with Gasteiger partial charge in [-0.3, -0.25) is 0 Å². The first kappa shape index (κ1) is 23.4. The first-order valence-electron chi connectivity index (χ1n) is 11.0. The molecule has 0 aliphatic carbocycles. The van der Waals surface area contributed by atoms with Gasteiger partial charge in [0.25, 0.3) is 0 Å². The summed E-state index contributed by atoms with van der Waals surface area (Å²) in [6.07, 6.45) is 1.57. The van der Waals surface area contributed by atoms with Crippen LogP contribution >= 0.6 is 23.6 Å². The Morgan fingerprint density at radius 1 is 1.09 bits per heavy atom. The van der Waals surface area contributed by atoms with E-state index in [1.165, 1.54) is 18.4 Å². The molecule has 7 heteroatoms. The molecular formula is C26H28N2O3S2. The van der Waals surface area contributed by atoms with Crippen LogP contribution in [0.5, 0.6) is 0 Å². The predicted octanol–water partition coefficient (Wildman–Crippen LogP) is 5.19. The third kappa shape index (κ3) is 4.81. The zero-order valence-corrected chi connectivity index (χ0v) is 20.4. The van der Waals surface area contributed by atoms with Gasteiger partial charge in [0, 0.05) is 18.0 Å². The standard InChI is InChI=1S/C26H28N2O3S2/c1-18-17-22(24(29)31-2)23(33-18)27-25(32)28-15-13-21(14-16-28)26(30,19-9-5-3-6-10-19)20-11-7-4-8-12-20/h3-12,17,21,30H,13-16H2,1-2H3,(H,27,32). The van der Waals surface area contributed by atoms with Crippen LogP contribution in [0.15, 0.2) is 66.7 Å². The third-order valence-corrected chi connectivity index (χ3v) is 7.61. The van der Waals surface area contributed by atoms with E-state index in [0.717, 1.165) is 41.9 Å². The largest absolute Gasteiger partial charge is 0.465 e. The number of rotatable bonds is 5. The second-order valence-corrected chi connectivity index (χ2v) is 9.92. The number of piperidine rings is 1. The van der Waals surface area contributed by atoms with Crippen molar-refractivity contribution in [2.45, 2.75) is 25.4 Å². The van der Waals surface area contributed by atoms with Crippen molar-refractivity contribution in [2.24, 2.45) is 5.92 Å². The van der Waals surface area contributed by atoms with Crippen molar-refractivity contribution in [1.82, 2.24) is 4.90 Å². The Bertz CT molecular complexity index is 1070. The maximum atomic E-state index is 12.1. The number of carbonyl (C=O) groups is 1. The fourth-order valence-electron chi connectivity index (χ4n) is 4.57. The second kappa shape index (κ2) is 10.0. The number of carbonyl (C=O) groups excluding carboxylic acids is 1. The van der Waals surface area contributed by atoms with E-state index < -0.39 is 5.60 Å². The van der Waals surface area contributed by atoms with E-state index >= 15 is 0 Å². The number of nitrogens with one attached hydrogen (secondary N) is 1. The molecule has 2 aromatic carbocycles. The molecule has 0 radical (unpaired) electrons. The summed E-state index contributed by atoms with van der Waals surface area (Å²) in [7, 11) is 1.38. The molecule has 0 atom stereocenters. The van der Waals surface area contributed by atoms with E-state index in [2.05, 4.69) is 10.2 Å². The Labute approximate surface area is 204 Å². The molecule has 33 heavy (non-hydrogen) atoms. The number of aryl methyl sites for hydroxylation is 1. The van der Waals surface area contributed by atoms with Crippen LogP contribution in [0, 0.1) is 12.8 Å². The number of anilines is 1. The van der Waals surface area contributed by atoms with Crippen molar-refractivity contribution in [3.8, 4) is 0 Å². The van der Waals surface area contributed by atoms with E-state index in [4.69, 9.17) is 17.0 Å². The van der Waals surface area contributed by atoms with E-state index in [1.54, 1.807) is 0 Å². The number of thiophene rings is 1. The lowest BCUT2D eigenvalue weighted by molar-refractivity contribution is -0.00631. The molecule has 0 saturated carbocycles. The van der Waals surface area contributed by atoms with Crippen LogP contribution in [-0.2, 0) is 10.3 Å². The van der Waals surface area contributed by atoms with Crippen molar-refractivity contribution in [3.05, 3.63) is 88.3 Å². The SMILES string of the molecule is COC(=O)c1cc(C)sc1NC(=S)N1CCC(C(O)(c2ccccc2)c2ccccc2)CC1. The first-order chi connectivity index (χ1) is 15.9. The normalized spacial score (nSPS) is 14.7. The number of hydrogen-bond donors (Lipinski definition) is 2. The average molecular weight is 481 g/mol. The van der Waals surface area contributed by atoms with Crippen LogP contribution in [0.25, 0.3) is 0 Å². The van der Waals surface area contributed by atoms with Crippen molar-refractivity contribution >= 4 is 39.6 Å². The van der Waals surface area contributed by atoms with Gasteiger partial charge >= 0.3 is 5.97 Å². The van der Waals surface area contributed by atoms with E-state index in [0.29, 0.717) is 15.7 Å². The fraction of sp³-hybridized carbons (Fsp3) is 0.308. The summed E-state index contributed by atoms with van der Waals surface area (Å²) in [5.74, 6) is -0.324. The monoisotopic (exact) mass is 480 g/mol. The molecule has 0 spiro atoms. The van der Waals surface area contributed by atoms with E-state index in [1.807, 2.05) is 73.7 Å². The molecule has 1 saturated heterocycles. The lowest BCUT2D eigenvalue weighted by Crippen LogP contribution is -2.47. The van der Waals surface area contributed by atoms with Gasteiger partial charge in [-0.2, -0.15) is 0 Å². The Kier molecular flexibility index (Phi) is 7.12. The molecule has 3 aromatic rings. The lowest BCUT2D eigenvalue weighted by atomic mass is 9.72. The summed E-state index contributed by atoms with van der Waals surface area (Å²) in [4.78, 5) is 15.2. The summed E-state index contributed by atoms with van der Waals surface area (Å²) in [6, 6.07) is 21.6. The molecule has 172 valence electrons. The third-order valence-electron chi connectivity index (χ3n) is 6.28. The molecule has 4 rings (SSSR count). The van der Waals surface area contributed by atoms with Crippen LogP contribution < -0.4 is 5.32 Å². The quantitative estimate of drug-likeness (QED) is 0.387. The van der Waals surface area contributed by atoms with Gasteiger partial charge in [0.05, 0.1) is 12.7 Å². The van der Waals surface area contributed by atoms with Gasteiger partial charge in [-0.15, -0.1) is 11.3 Å². The number of thiocarbonyl (C=S) groups is 1. The maximum absolute atomic E-state index is 12.1. The highest BCUT2D eigenvalue weighted by molar-refractivity contribution is 7.80. The van der Waals surface area contributed by atoms with Crippen molar-refractivity contribution in [1.29, 1.82) is 0 Å². The Morgan fingerprint density at radius 2 is 1.64 bits per heavy atom. The minimum atomic E-state index is -1.06. The zero-order chi connectivity index (χ0) is 23.4. The summed E-state index contributed by atoms with van der Waals surface area (Å²) < 4.78 is 4.90.